The van der Waals surface area contributed by atoms with Crippen molar-refractivity contribution in [2.75, 3.05) is 7.11 Å². The van der Waals surface area contributed by atoms with E-state index in [9.17, 15) is 4.21 Å². The Labute approximate surface area is 185 Å². The molecule has 0 saturated carbocycles. The lowest BCUT2D eigenvalue weighted by molar-refractivity contribution is 0.410. The highest BCUT2D eigenvalue weighted by Gasteiger charge is 2.22. The maximum absolute atomic E-state index is 13.2. The van der Waals surface area contributed by atoms with Crippen LogP contribution in [0.5, 0.6) is 5.75 Å². The van der Waals surface area contributed by atoms with Crippen LogP contribution in [0.4, 0.5) is 0 Å². The number of aromatic nitrogens is 3. The van der Waals surface area contributed by atoms with E-state index in [0.717, 1.165) is 5.56 Å². The van der Waals surface area contributed by atoms with Crippen molar-refractivity contribution in [3.05, 3.63) is 58.2 Å². The number of ether oxygens (including phenoxy) is 1. The third kappa shape index (κ3) is 4.30. The summed E-state index contributed by atoms with van der Waals surface area (Å²) in [5, 5.41) is 9.52. The number of halogens is 1. The van der Waals surface area contributed by atoms with Crippen LogP contribution < -0.4 is 4.74 Å². The molecule has 0 N–H and O–H groups in total. The molecule has 0 radical (unpaired) electrons. The summed E-state index contributed by atoms with van der Waals surface area (Å²) in [5.74, 6) is 0.902. The second kappa shape index (κ2) is 8.52. The minimum absolute atomic E-state index is 0.0387. The molecule has 3 rings (SSSR count). The topological polar surface area (TPSA) is 57.0 Å². The lowest BCUT2D eigenvalue weighted by Crippen LogP contribution is -2.10. The van der Waals surface area contributed by atoms with Gasteiger partial charge in [-0.2, -0.15) is 0 Å². The Morgan fingerprint density at radius 2 is 1.77 bits per heavy atom. The summed E-state index contributed by atoms with van der Waals surface area (Å²) < 4.78 is 20.4. The van der Waals surface area contributed by atoms with E-state index in [1.807, 2.05) is 43.3 Å². The zero-order valence-electron chi connectivity index (χ0n) is 18.5. The minimum atomic E-state index is -1.44. The van der Waals surface area contributed by atoms with E-state index in [1.54, 1.807) is 11.8 Å². The van der Waals surface area contributed by atoms with Gasteiger partial charge in [-0.25, -0.2) is 8.89 Å². The molecule has 1 atom stereocenters. The van der Waals surface area contributed by atoms with E-state index in [4.69, 9.17) is 16.3 Å². The van der Waals surface area contributed by atoms with Gasteiger partial charge in [0.05, 0.1) is 12.8 Å². The maximum Gasteiger partial charge on any atom is 0.177 e. The smallest absolute Gasteiger partial charge is 0.177 e. The summed E-state index contributed by atoms with van der Waals surface area (Å²) in [6.07, 6.45) is 0. The SMILES string of the molecule is COc1cc(C(C)C)c(Cl)cc1-n1nnc(S(=O)c2ccc(C(C)(C)C)cc2)c1C. The lowest BCUT2D eigenvalue weighted by atomic mass is 9.87. The molecule has 0 amide bonds. The molecule has 30 heavy (non-hydrogen) atoms. The molecule has 3 aromatic rings. The van der Waals surface area contributed by atoms with E-state index in [0.29, 0.717) is 32.1 Å². The molecule has 0 aliphatic heterocycles. The van der Waals surface area contributed by atoms with Crippen molar-refractivity contribution in [3.8, 4) is 11.4 Å². The number of hydrogen-bond acceptors (Lipinski definition) is 4. The zero-order chi connectivity index (χ0) is 22.2. The van der Waals surface area contributed by atoms with E-state index in [2.05, 4.69) is 44.9 Å². The van der Waals surface area contributed by atoms with Gasteiger partial charge in [0.15, 0.2) is 5.03 Å². The zero-order valence-corrected chi connectivity index (χ0v) is 20.1. The first-order valence-electron chi connectivity index (χ1n) is 9.87. The number of methoxy groups -OCH3 is 1. The largest absolute Gasteiger partial charge is 0.494 e. The molecule has 160 valence electrons. The Morgan fingerprint density at radius 1 is 1.13 bits per heavy atom. The first-order chi connectivity index (χ1) is 14.0. The Morgan fingerprint density at radius 3 is 2.30 bits per heavy atom. The van der Waals surface area contributed by atoms with Crippen molar-refractivity contribution in [2.45, 2.75) is 62.8 Å². The lowest BCUT2D eigenvalue weighted by Gasteiger charge is -2.18. The number of benzene rings is 2. The van der Waals surface area contributed by atoms with Gasteiger partial charge >= 0.3 is 0 Å². The summed E-state index contributed by atoms with van der Waals surface area (Å²) in [6, 6.07) is 11.6. The van der Waals surface area contributed by atoms with Crippen LogP contribution in [0, 0.1) is 6.92 Å². The molecule has 7 heteroatoms. The fourth-order valence-corrected chi connectivity index (χ4v) is 4.68. The highest BCUT2D eigenvalue weighted by Crippen LogP contribution is 2.34. The van der Waals surface area contributed by atoms with Gasteiger partial charge < -0.3 is 4.74 Å². The van der Waals surface area contributed by atoms with Crippen LogP contribution in [0.15, 0.2) is 46.3 Å². The van der Waals surface area contributed by atoms with Gasteiger partial charge in [-0.15, -0.1) is 5.10 Å². The van der Waals surface area contributed by atoms with E-state index in [1.165, 1.54) is 5.56 Å². The molecule has 2 aromatic carbocycles. The maximum atomic E-state index is 13.2. The molecular formula is C23H28ClN3O2S. The Balaban J connectivity index is 2.01. The number of rotatable bonds is 5. The first-order valence-corrected chi connectivity index (χ1v) is 11.4. The van der Waals surface area contributed by atoms with Crippen molar-refractivity contribution in [1.29, 1.82) is 0 Å². The number of nitrogens with zero attached hydrogens (tertiary/aromatic N) is 3. The summed E-state index contributed by atoms with van der Waals surface area (Å²) in [4.78, 5) is 0.693. The average molecular weight is 446 g/mol. The third-order valence-electron chi connectivity index (χ3n) is 5.11. The van der Waals surface area contributed by atoms with E-state index < -0.39 is 10.8 Å². The fourth-order valence-electron chi connectivity index (χ4n) is 3.24. The predicted molar refractivity (Wildman–Crippen MR) is 122 cm³/mol. The minimum Gasteiger partial charge on any atom is -0.494 e. The third-order valence-corrected chi connectivity index (χ3v) is 6.87. The second-order valence-electron chi connectivity index (χ2n) is 8.64. The first kappa shape index (κ1) is 22.5. The molecule has 0 fully saturated rings. The van der Waals surface area contributed by atoms with Gasteiger partial charge in [-0.3, -0.25) is 0 Å². The standard InChI is InChI=1S/C23H28ClN3O2S/c1-14(2)18-12-21(29-7)20(13-19(18)24)27-15(3)22(25-26-27)30(28)17-10-8-16(9-11-17)23(4,5)6/h8-14H,1-7H3. The van der Waals surface area contributed by atoms with Crippen molar-refractivity contribution in [2.24, 2.45) is 0 Å². The summed E-state index contributed by atoms with van der Waals surface area (Å²) in [7, 11) is 0.170. The van der Waals surface area contributed by atoms with Crippen molar-refractivity contribution in [3.63, 3.8) is 0 Å². The molecule has 0 saturated heterocycles. The molecule has 1 aromatic heterocycles. The van der Waals surface area contributed by atoms with Crippen molar-refractivity contribution < 1.29 is 8.95 Å². The molecular weight excluding hydrogens is 418 g/mol. The summed E-state index contributed by atoms with van der Waals surface area (Å²) >= 11 is 6.50. The van der Waals surface area contributed by atoms with Crippen LogP contribution in [-0.4, -0.2) is 26.3 Å². The fraction of sp³-hybridized carbons (Fsp3) is 0.391. The van der Waals surface area contributed by atoms with Crippen molar-refractivity contribution in [1.82, 2.24) is 15.0 Å². The molecule has 1 unspecified atom stereocenters. The van der Waals surface area contributed by atoms with Gasteiger partial charge in [0.2, 0.25) is 0 Å². The predicted octanol–water partition coefficient (Wildman–Crippen LogP) is 5.83. The van der Waals surface area contributed by atoms with Crippen LogP contribution in [0.25, 0.3) is 5.69 Å². The summed E-state index contributed by atoms with van der Waals surface area (Å²) in [6.45, 7) is 12.5. The monoisotopic (exact) mass is 445 g/mol. The highest BCUT2D eigenvalue weighted by molar-refractivity contribution is 7.85. The Hall–Kier alpha value is -2.18. The normalized spacial score (nSPS) is 13.0. The second-order valence-corrected chi connectivity index (χ2v) is 10.4. The average Bonchev–Trinajstić information content (AvgIpc) is 3.07. The molecule has 0 aliphatic carbocycles. The van der Waals surface area contributed by atoms with Crippen LogP contribution in [0.1, 0.15) is 57.4 Å². The summed E-state index contributed by atoms with van der Waals surface area (Å²) in [5.41, 5.74) is 3.57. The number of hydrogen-bond donors (Lipinski definition) is 0. The van der Waals surface area contributed by atoms with Crippen LogP contribution in [-0.2, 0) is 16.2 Å². The van der Waals surface area contributed by atoms with Gasteiger partial charge in [-0.05, 0) is 53.6 Å². The van der Waals surface area contributed by atoms with Gasteiger partial charge in [0.25, 0.3) is 0 Å². The van der Waals surface area contributed by atoms with Crippen LogP contribution in [0.3, 0.4) is 0 Å². The van der Waals surface area contributed by atoms with E-state index in [-0.39, 0.29) is 11.3 Å². The van der Waals surface area contributed by atoms with E-state index >= 15 is 0 Å². The van der Waals surface area contributed by atoms with Gasteiger partial charge in [0, 0.05) is 9.92 Å². The quantitative estimate of drug-likeness (QED) is 0.496. The molecule has 5 nitrogen and oxygen atoms in total. The molecule has 0 bridgehead atoms. The molecule has 0 aliphatic rings. The van der Waals surface area contributed by atoms with Gasteiger partial charge in [-0.1, -0.05) is 63.6 Å². The Kier molecular flexibility index (Phi) is 6.39. The Bertz CT molecular complexity index is 1080. The van der Waals surface area contributed by atoms with Crippen LogP contribution in [0.2, 0.25) is 5.02 Å². The molecule has 1 heterocycles. The van der Waals surface area contributed by atoms with Crippen LogP contribution >= 0.6 is 11.6 Å². The van der Waals surface area contributed by atoms with Crippen molar-refractivity contribution >= 4 is 22.4 Å². The molecule has 0 spiro atoms. The van der Waals surface area contributed by atoms with Gasteiger partial charge in [0.1, 0.15) is 22.2 Å². The highest BCUT2D eigenvalue weighted by atomic mass is 35.5.